The quantitative estimate of drug-likeness (QED) is 0.143. The molecule has 0 unspecified atom stereocenters. The number of benzene rings is 9. The van der Waals surface area contributed by atoms with E-state index in [9.17, 15) is 11.0 Å². The van der Waals surface area contributed by atoms with Gasteiger partial charge in [-0.1, -0.05) is 145 Å². The number of para-hydroxylation sites is 1. The van der Waals surface area contributed by atoms with Crippen LogP contribution < -0.4 is 0 Å². The van der Waals surface area contributed by atoms with E-state index in [4.69, 9.17) is 29.1 Å². The van der Waals surface area contributed by atoms with E-state index >= 15 is 0 Å². The van der Waals surface area contributed by atoms with Crippen molar-refractivity contribution in [1.82, 2.24) is 0 Å². The predicted octanol–water partition coefficient (Wildman–Crippen LogP) is 12.7. The Kier molecular flexibility index (Phi) is 2.13. The SMILES string of the molecule is [2H]c1c([2H])c([2H])c2c(oc3c(-c4c5c([2H])c([2H])c([2H])c([2H])c5c(-c5c([2H])c([2H])c([2H])c6c5c([2H])c([2H])c5c([2H])c([2H])c([2H])c([2H])c56)c5c([2H])c([2H])c([2H])c([2H])c45)c4c([2H])c([2H])c([2H])c([2H])c4c([2H])c32)c1[2H]. The van der Waals surface area contributed by atoms with E-state index in [1.54, 1.807) is 0 Å². The van der Waals surface area contributed by atoms with Crippen molar-refractivity contribution in [2.45, 2.75) is 0 Å². The smallest absolute Gasteiger partial charge is 0.143 e. The van der Waals surface area contributed by atoms with E-state index in [1.807, 2.05) is 0 Å². The van der Waals surface area contributed by atoms with Crippen LogP contribution in [0.4, 0.5) is 0 Å². The molecule has 0 aliphatic rings. The zero-order valence-corrected chi connectivity index (χ0v) is 22.4. The fourth-order valence-electron chi connectivity index (χ4n) is 5.94. The molecule has 9 aromatic carbocycles. The van der Waals surface area contributed by atoms with Crippen molar-refractivity contribution in [1.29, 1.82) is 0 Å². The van der Waals surface area contributed by atoms with Gasteiger partial charge in [0.2, 0.25) is 0 Å². The maximum absolute atomic E-state index is 9.63. The molecule has 10 aromatic rings. The standard InChI is InChI=1S/C44H26O/c1-3-14-29-27(12-1)24-25-32-31(29)21-11-22-34(32)41-35-17-5-7-19-37(35)42(38-20-8-6-18-36(38)41)43-30-15-4-2-13-28(30)26-39-33-16-9-10-23-40(33)45-44(39)43/h1-26H/i1D,2D,3D,4D,5D,6D,7D,8D,9D,10D,11D,12D,13D,14D,15D,16D,17D,18D,19D,20D,21D,22D,23D,24D,25D,26D. The molecule has 1 heteroatoms. The molecule has 1 heterocycles. The second kappa shape index (κ2) is 9.29. The molecular weight excluding hydrogens is 544 g/mol. The summed E-state index contributed by atoms with van der Waals surface area (Å²) in [6.07, 6.45) is 0. The van der Waals surface area contributed by atoms with Gasteiger partial charge in [-0.05, 0) is 77.1 Å². The first-order valence-electron chi connectivity index (χ1n) is 26.4. The topological polar surface area (TPSA) is 13.1 Å². The zero-order valence-electron chi connectivity index (χ0n) is 48.4. The van der Waals surface area contributed by atoms with E-state index in [0.717, 1.165) is 0 Å². The van der Waals surface area contributed by atoms with Gasteiger partial charge in [-0.15, -0.1) is 0 Å². The predicted molar refractivity (Wildman–Crippen MR) is 192 cm³/mol. The Morgan fingerprint density at radius 2 is 0.889 bits per heavy atom. The van der Waals surface area contributed by atoms with Crippen molar-refractivity contribution in [3.63, 3.8) is 0 Å². The fraction of sp³-hybridized carbons (Fsp3) is 0. The summed E-state index contributed by atoms with van der Waals surface area (Å²) in [5, 5.41) is -7.41. The Balaban J connectivity index is 1.64. The van der Waals surface area contributed by atoms with Crippen molar-refractivity contribution in [2.75, 3.05) is 0 Å². The lowest BCUT2D eigenvalue weighted by atomic mass is 9.83. The summed E-state index contributed by atoms with van der Waals surface area (Å²) >= 11 is 0. The Bertz CT molecular complexity index is 4210. The van der Waals surface area contributed by atoms with Crippen LogP contribution >= 0.6 is 0 Å². The first-order chi connectivity index (χ1) is 33.2. The molecule has 1 nitrogen and oxygen atoms in total. The first kappa shape index (κ1) is 10.3. The molecule has 0 radical (unpaired) electrons. The van der Waals surface area contributed by atoms with E-state index < -0.39 is 255 Å². The highest BCUT2D eigenvalue weighted by molar-refractivity contribution is 6.29. The largest absolute Gasteiger partial charge is 0.455 e. The van der Waals surface area contributed by atoms with Crippen molar-refractivity contribution in [3.05, 3.63) is 157 Å². The molecule has 0 N–H and O–H groups in total. The van der Waals surface area contributed by atoms with Gasteiger partial charge in [0.05, 0.1) is 35.6 Å². The maximum atomic E-state index is 9.63. The maximum Gasteiger partial charge on any atom is 0.143 e. The molecule has 0 spiro atoms. The first-order valence-corrected chi connectivity index (χ1v) is 13.4. The normalized spacial score (nSPS) is 20.1. The highest BCUT2D eigenvalue weighted by atomic mass is 16.3. The second-order valence-electron chi connectivity index (χ2n) is 10.0. The van der Waals surface area contributed by atoms with E-state index in [0.29, 0.717) is 0 Å². The van der Waals surface area contributed by atoms with Crippen molar-refractivity contribution < 1.29 is 40.1 Å². The molecule has 208 valence electrons. The summed E-state index contributed by atoms with van der Waals surface area (Å²) in [5.74, 6) is 0. The number of fused-ring (bicyclic) bond motifs is 9. The lowest BCUT2D eigenvalue weighted by Crippen LogP contribution is -1.93. The minimum atomic E-state index is -0.996. The van der Waals surface area contributed by atoms with Gasteiger partial charge in [-0.2, -0.15) is 0 Å². The van der Waals surface area contributed by atoms with Gasteiger partial charge in [-0.3, -0.25) is 0 Å². The average molecular weight is 597 g/mol. The fourth-order valence-corrected chi connectivity index (χ4v) is 5.94. The lowest BCUT2D eigenvalue weighted by molar-refractivity contribution is 0.670. The Morgan fingerprint density at radius 3 is 1.62 bits per heavy atom. The summed E-state index contributed by atoms with van der Waals surface area (Å²) in [7, 11) is 0. The summed E-state index contributed by atoms with van der Waals surface area (Å²) in [5.41, 5.74) is -3.98. The Hall–Kier alpha value is -5.92. The molecule has 0 saturated heterocycles. The average Bonchev–Trinajstić information content (AvgIpc) is 3.75. The third-order valence-corrected chi connectivity index (χ3v) is 7.75. The highest BCUT2D eigenvalue weighted by Crippen LogP contribution is 2.49. The van der Waals surface area contributed by atoms with Crippen LogP contribution in [0.1, 0.15) is 35.6 Å². The van der Waals surface area contributed by atoms with Crippen LogP contribution in [-0.4, -0.2) is 0 Å². The number of rotatable bonds is 2. The van der Waals surface area contributed by atoms with E-state index in [-0.39, 0.29) is 0 Å². The summed E-state index contributed by atoms with van der Waals surface area (Å²) in [4.78, 5) is 0. The molecule has 0 amide bonds. The van der Waals surface area contributed by atoms with Crippen LogP contribution in [0, 0.1) is 0 Å². The van der Waals surface area contributed by atoms with Gasteiger partial charge < -0.3 is 4.42 Å². The van der Waals surface area contributed by atoms with Crippen LogP contribution in [0.15, 0.2) is 162 Å². The molecule has 1 aromatic heterocycles. The molecule has 0 fully saturated rings. The highest BCUT2D eigenvalue weighted by Gasteiger charge is 2.23. The molecule has 45 heavy (non-hydrogen) atoms. The minimum absolute atomic E-state index is 0.455. The summed E-state index contributed by atoms with van der Waals surface area (Å²) in [6.45, 7) is 0. The molecule has 0 saturated carbocycles. The van der Waals surface area contributed by atoms with Gasteiger partial charge in [-0.25, -0.2) is 0 Å². The number of hydrogen-bond donors (Lipinski definition) is 0. The van der Waals surface area contributed by atoms with Crippen LogP contribution in [0.25, 0.3) is 98.1 Å². The molecular formula is C44H26O. The molecule has 0 atom stereocenters. The van der Waals surface area contributed by atoms with Crippen LogP contribution in [0.2, 0.25) is 0 Å². The van der Waals surface area contributed by atoms with Crippen LogP contribution in [0.3, 0.4) is 0 Å². The van der Waals surface area contributed by atoms with Crippen molar-refractivity contribution in [2.24, 2.45) is 0 Å². The zero-order chi connectivity index (χ0) is 52.1. The van der Waals surface area contributed by atoms with Crippen molar-refractivity contribution in [3.8, 4) is 22.3 Å². The molecule has 0 aliphatic carbocycles. The number of furan rings is 1. The van der Waals surface area contributed by atoms with Gasteiger partial charge in [0, 0.05) is 21.9 Å². The number of hydrogen-bond acceptors (Lipinski definition) is 1. The van der Waals surface area contributed by atoms with Crippen LogP contribution in [-0.2, 0) is 0 Å². The minimum Gasteiger partial charge on any atom is -0.455 e. The Morgan fingerprint density at radius 1 is 0.333 bits per heavy atom. The van der Waals surface area contributed by atoms with Crippen LogP contribution in [0.5, 0.6) is 0 Å². The van der Waals surface area contributed by atoms with Crippen molar-refractivity contribution >= 4 is 75.8 Å². The summed E-state index contributed by atoms with van der Waals surface area (Å²) < 4.78 is 242. The Labute approximate surface area is 296 Å². The van der Waals surface area contributed by atoms with Gasteiger partial charge in [0.15, 0.2) is 0 Å². The second-order valence-corrected chi connectivity index (χ2v) is 10.0. The van der Waals surface area contributed by atoms with E-state index in [1.165, 1.54) is 0 Å². The van der Waals surface area contributed by atoms with Gasteiger partial charge in [0.1, 0.15) is 11.2 Å². The molecule has 0 bridgehead atoms. The van der Waals surface area contributed by atoms with Gasteiger partial charge >= 0.3 is 0 Å². The van der Waals surface area contributed by atoms with E-state index in [2.05, 4.69) is 0 Å². The lowest BCUT2D eigenvalue weighted by Gasteiger charge is -2.20. The third-order valence-electron chi connectivity index (χ3n) is 7.75. The van der Waals surface area contributed by atoms with Gasteiger partial charge in [0.25, 0.3) is 0 Å². The molecule has 10 rings (SSSR count). The summed E-state index contributed by atoms with van der Waals surface area (Å²) in [6, 6.07) is -23.3. The monoisotopic (exact) mass is 596 g/mol. The third kappa shape index (κ3) is 3.44. The molecule has 0 aliphatic heterocycles.